The fraction of sp³-hybridized carbons (Fsp3) is 0.348. The van der Waals surface area contributed by atoms with E-state index in [0.717, 1.165) is 0 Å². The van der Waals surface area contributed by atoms with Crippen molar-refractivity contribution in [3.05, 3.63) is 143 Å². The number of carbonyl (C=O) groups excluding carboxylic acids is 5. The highest BCUT2D eigenvalue weighted by Gasteiger charge is 2.40. The summed E-state index contributed by atoms with van der Waals surface area (Å²) in [5, 5.41) is 10.0. The lowest BCUT2D eigenvalue weighted by Crippen LogP contribution is -2.43. The summed E-state index contributed by atoms with van der Waals surface area (Å²) in [6, 6.07) is 31.6. The van der Waals surface area contributed by atoms with Crippen molar-refractivity contribution in [2.75, 3.05) is 13.2 Å². The minimum Gasteiger partial charge on any atom is -0.478 e. The first-order valence-corrected chi connectivity index (χ1v) is 19.1. The molecule has 0 saturated heterocycles. The fourth-order valence-electron chi connectivity index (χ4n) is 6.21. The molecule has 0 radical (unpaired) electrons. The van der Waals surface area contributed by atoms with Crippen LogP contribution in [0.4, 0.5) is 0 Å². The van der Waals surface area contributed by atoms with Crippen molar-refractivity contribution in [2.24, 2.45) is 0 Å². The summed E-state index contributed by atoms with van der Waals surface area (Å²) in [6.45, 7) is 5.28. The smallest absolute Gasteiger partial charge is 0.348 e. The highest BCUT2D eigenvalue weighted by Crippen LogP contribution is 2.26. The lowest BCUT2D eigenvalue weighted by molar-refractivity contribution is -0.180. The molecule has 0 unspecified atom stereocenters. The number of ether oxygens (including phenoxy) is 3. The molecule has 0 bridgehead atoms. The van der Waals surface area contributed by atoms with Gasteiger partial charge >= 0.3 is 23.9 Å². The van der Waals surface area contributed by atoms with Gasteiger partial charge in [0.2, 0.25) is 5.60 Å². The maximum Gasteiger partial charge on any atom is 0.348 e. The first-order chi connectivity index (χ1) is 27.0. The Morgan fingerprint density at radius 1 is 0.571 bits per heavy atom. The van der Waals surface area contributed by atoms with Gasteiger partial charge in [0.25, 0.3) is 0 Å². The molecule has 0 saturated carbocycles. The minimum absolute atomic E-state index is 0.00919. The van der Waals surface area contributed by atoms with E-state index in [9.17, 15) is 33.9 Å². The van der Waals surface area contributed by atoms with Crippen LogP contribution >= 0.6 is 0 Å². The second-order valence-electron chi connectivity index (χ2n) is 13.8. The largest absolute Gasteiger partial charge is 0.478 e. The van der Waals surface area contributed by atoms with Gasteiger partial charge in [0.05, 0.1) is 25.0 Å². The van der Waals surface area contributed by atoms with E-state index in [-0.39, 0.29) is 44.0 Å². The Morgan fingerprint density at radius 3 is 1.46 bits per heavy atom. The van der Waals surface area contributed by atoms with Gasteiger partial charge in [0.15, 0.2) is 11.6 Å². The van der Waals surface area contributed by atoms with Crippen LogP contribution in [0.15, 0.2) is 109 Å². The average Bonchev–Trinajstić information content (AvgIpc) is 3.23. The molecule has 294 valence electrons. The standard InChI is InChI=1S/C46H50O10/c1-4-46(45(52)53,27-13-15-29-55-44(51)33(3)37-23-17-25-39(31-37)42(49)35-20-10-6-11-21-35)56-40(47)26-12-7-14-28-54-43(50)32(2)36-22-16-24-38(30-36)41(48)34-18-8-5-9-19-34/h5-6,8-11,16-25,30-33H,4,7,12-15,26-29H2,1-3H3,(H,52,53)/t32-,33+,46+/m0/s1. The van der Waals surface area contributed by atoms with E-state index < -0.39 is 41.3 Å². The summed E-state index contributed by atoms with van der Waals surface area (Å²) >= 11 is 0. The maximum absolute atomic E-state index is 12.9. The van der Waals surface area contributed by atoms with Crippen LogP contribution in [0, 0.1) is 0 Å². The van der Waals surface area contributed by atoms with Crippen molar-refractivity contribution < 1.29 is 48.1 Å². The molecule has 0 spiro atoms. The lowest BCUT2D eigenvalue weighted by Gasteiger charge is -2.28. The lowest BCUT2D eigenvalue weighted by atomic mass is 9.93. The van der Waals surface area contributed by atoms with Gasteiger partial charge in [-0.25, -0.2) is 4.79 Å². The zero-order valence-corrected chi connectivity index (χ0v) is 32.2. The number of ketones is 2. The average molecular weight is 763 g/mol. The molecule has 0 aliphatic carbocycles. The van der Waals surface area contributed by atoms with E-state index in [1.54, 1.807) is 118 Å². The molecule has 1 N–H and O–H groups in total. The van der Waals surface area contributed by atoms with Crippen molar-refractivity contribution >= 4 is 35.4 Å². The molecular formula is C46H50O10. The Labute approximate surface area is 328 Å². The third kappa shape index (κ3) is 12.1. The minimum atomic E-state index is -1.70. The van der Waals surface area contributed by atoms with Crippen molar-refractivity contribution in [3.8, 4) is 0 Å². The summed E-state index contributed by atoms with van der Waals surface area (Å²) in [5.74, 6) is -4.23. The molecule has 10 heteroatoms. The van der Waals surface area contributed by atoms with E-state index >= 15 is 0 Å². The number of hydrogen-bond acceptors (Lipinski definition) is 9. The molecule has 10 nitrogen and oxygen atoms in total. The number of hydrogen-bond donors (Lipinski definition) is 1. The molecule has 3 atom stereocenters. The Morgan fingerprint density at radius 2 is 1.02 bits per heavy atom. The van der Waals surface area contributed by atoms with Gasteiger partial charge < -0.3 is 19.3 Å². The van der Waals surface area contributed by atoms with Crippen molar-refractivity contribution in [1.82, 2.24) is 0 Å². The SMILES string of the molecule is CC[C@](CCCCOC(=O)[C@H](C)c1cccc(C(=O)c2ccccc2)c1)(OC(=O)CCCCCOC(=O)[C@@H](C)c1cccc(C(=O)c2ccccc2)c1)C(=O)O. The maximum atomic E-state index is 12.9. The number of rotatable bonds is 22. The highest BCUT2D eigenvalue weighted by atomic mass is 16.6. The van der Waals surface area contributed by atoms with E-state index in [1.807, 2.05) is 12.1 Å². The Hall–Kier alpha value is -5.90. The predicted molar refractivity (Wildman–Crippen MR) is 210 cm³/mol. The van der Waals surface area contributed by atoms with Crippen molar-refractivity contribution in [3.63, 3.8) is 0 Å². The van der Waals surface area contributed by atoms with Gasteiger partial charge in [0.1, 0.15) is 0 Å². The third-order valence-electron chi connectivity index (χ3n) is 9.84. The van der Waals surface area contributed by atoms with Gasteiger partial charge in [-0.3, -0.25) is 24.0 Å². The number of esters is 3. The van der Waals surface area contributed by atoms with E-state index in [4.69, 9.17) is 14.2 Å². The van der Waals surface area contributed by atoms with Gasteiger partial charge in [-0.15, -0.1) is 0 Å². The van der Waals surface area contributed by atoms with Crippen LogP contribution < -0.4 is 0 Å². The normalized spacial score (nSPS) is 13.1. The second kappa shape index (κ2) is 21.3. The van der Waals surface area contributed by atoms with Crippen LogP contribution in [0.25, 0.3) is 0 Å². The first-order valence-electron chi connectivity index (χ1n) is 19.1. The number of aliphatic carboxylic acids is 1. The van der Waals surface area contributed by atoms with Crippen molar-refractivity contribution in [2.45, 2.75) is 89.6 Å². The predicted octanol–water partition coefficient (Wildman–Crippen LogP) is 8.65. The zero-order valence-electron chi connectivity index (χ0n) is 32.2. The third-order valence-corrected chi connectivity index (χ3v) is 9.84. The van der Waals surface area contributed by atoms with Gasteiger partial charge in [0, 0.05) is 28.7 Å². The highest BCUT2D eigenvalue weighted by molar-refractivity contribution is 6.09. The quantitative estimate of drug-likeness (QED) is 0.0357. The molecule has 0 heterocycles. The monoisotopic (exact) mass is 762 g/mol. The summed E-state index contributed by atoms with van der Waals surface area (Å²) < 4.78 is 16.5. The number of benzene rings is 4. The summed E-state index contributed by atoms with van der Waals surface area (Å²) in [6.07, 6.45) is 2.33. The first kappa shape index (κ1) is 42.8. The van der Waals surface area contributed by atoms with E-state index in [1.165, 1.54) is 0 Å². The number of carboxylic acids is 1. The summed E-state index contributed by atoms with van der Waals surface area (Å²) in [4.78, 5) is 76.3. The molecule has 4 aromatic carbocycles. The van der Waals surface area contributed by atoms with Crippen LogP contribution in [0.1, 0.15) is 127 Å². The molecule has 56 heavy (non-hydrogen) atoms. The number of unbranched alkanes of at least 4 members (excludes halogenated alkanes) is 3. The Bertz CT molecular complexity index is 1950. The molecule has 0 amide bonds. The molecule has 0 aliphatic heterocycles. The number of carbonyl (C=O) groups is 6. The topological polar surface area (TPSA) is 150 Å². The molecule has 4 rings (SSSR count). The van der Waals surface area contributed by atoms with Crippen LogP contribution in [-0.4, -0.2) is 59.4 Å². The molecular weight excluding hydrogens is 712 g/mol. The molecule has 0 fully saturated rings. The van der Waals surface area contributed by atoms with Crippen LogP contribution in [-0.2, 0) is 33.4 Å². The number of carboxylic acid groups (broad SMARTS) is 1. The van der Waals surface area contributed by atoms with Crippen LogP contribution in [0.5, 0.6) is 0 Å². The van der Waals surface area contributed by atoms with E-state index in [0.29, 0.717) is 65.5 Å². The van der Waals surface area contributed by atoms with Crippen LogP contribution in [0.3, 0.4) is 0 Å². The molecule has 0 aromatic heterocycles. The van der Waals surface area contributed by atoms with Crippen molar-refractivity contribution in [1.29, 1.82) is 0 Å². The van der Waals surface area contributed by atoms with Crippen LogP contribution in [0.2, 0.25) is 0 Å². The summed E-state index contributed by atoms with van der Waals surface area (Å²) in [5.41, 5.74) is 1.68. The second-order valence-corrected chi connectivity index (χ2v) is 13.8. The van der Waals surface area contributed by atoms with Gasteiger partial charge in [-0.05, 0) is 82.1 Å². The van der Waals surface area contributed by atoms with Gasteiger partial charge in [-0.2, -0.15) is 0 Å². The van der Waals surface area contributed by atoms with Gasteiger partial charge in [-0.1, -0.05) is 104 Å². The fourth-order valence-corrected chi connectivity index (χ4v) is 6.21. The summed E-state index contributed by atoms with van der Waals surface area (Å²) in [7, 11) is 0. The molecule has 4 aromatic rings. The Balaban J connectivity index is 1.14. The van der Waals surface area contributed by atoms with E-state index in [2.05, 4.69) is 0 Å². The Kier molecular flexibility index (Phi) is 16.3. The zero-order chi connectivity index (χ0) is 40.5. The molecule has 0 aliphatic rings.